The number of alkyl halides is 3. The molecule has 6 heteroatoms. The monoisotopic (exact) mass is 318 g/mol. The second kappa shape index (κ2) is 4.35. The summed E-state index contributed by atoms with van der Waals surface area (Å²) in [7, 11) is 0. The minimum Gasteiger partial charge on any atom is -0.289 e. The van der Waals surface area contributed by atoms with Crippen LogP contribution in [0.5, 0.6) is 0 Å². The van der Waals surface area contributed by atoms with Crippen LogP contribution in [0.3, 0.4) is 0 Å². The number of hydrogen-bond donors (Lipinski definition) is 0. The number of carbonyl (C=O) groups is 1. The molecule has 0 unspecified atom stereocenters. The summed E-state index contributed by atoms with van der Waals surface area (Å²) in [5.74, 6) is -1.61. The fourth-order valence-corrected chi connectivity index (χ4v) is 1.46. The molecule has 0 fully saturated rings. The highest BCUT2D eigenvalue weighted by Gasteiger charge is 2.33. The number of ketones is 1. The number of hydrogen-bond acceptors (Lipinski definition) is 1. The number of rotatable bonds is 1. The summed E-state index contributed by atoms with van der Waals surface area (Å²) in [4.78, 5) is 11.3. The topological polar surface area (TPSA) is 17.1 Å². The summed E-state index contributed by atoms with van der Waals surface area (Å²) in [6.07, 6.45) is 0. The van der Waals surface area contributed by atoms with E-state index >= 15 is 0 Å². The molecule has 14 heavy (non-hydrogen) atoms. The van der Waals surface area contributed by atoms with Gasteiger partial charge in [-0.2, -0.15) is 0 Å². The highest BCUT2D eigenvalue weighted by molar-refractivity contribution is 9.10. The Morgan fingerprint density at radius 2 is 1.93 bits per heavy atom. The molecular formula is C8H3BrCl3FO. The van der Waals surface area contributed by atoms with Gasteiger partial charge in [-0.3, -0.25) is 4.79 Å². The lowest BCUT2D eigenvalue weighted by atomic mass is 10.1. The van der Waals surface area contributed by atoms with Crippen LogP contribution in [0.1, 0.15) is 10.4 Å². The number of Topliss-reactive ketones (excluding diaryl/α,β-unsaturated/α-hetero) is 1. The van der Waals surface area contributed by atoms with E-state index in [1.54, 1.807) is 0 Å². The van der Waals surface area contributed by atoms with E-state index in [2.05, 4.69) is 15.9 Å². The van der Waals surface area contributed by atoms with Crippen molar-refractivity contribution < 1.29 is 9.18 Å². The van der Waals surface area contributed by atoms with Crippen LogP contribution in [0.15, 0.2) is 22.7 Å². The van der Waals surface area contributed by atoms with Gasteiger partial charge in [0.25, 0.3) is 3.79 Å². The predicted molar refractivity (Wildman–Crippen MR) is 58.7 cm³/mol. The lowest BCUT2D eigenvalue weighted by Crippen LogP contribution is -2.20. The average Bonchev–Trinajstić information content (AvgIpc) is 2.01. The third-order valence-corrected chi connectivity index (χ3v) is 2.44. The molecule has 0 N–H and O–H groups in total. The molecule has 0 radical (unpaired) electrons. The van der Waals surface area contributed by atoms with Gasteiger partial charge in [0.05, 0.1) is 5.56 Å². The first kappa shape index (κ1) is 12.2. The molecule has 0 aromatic heterocycles. The summed E-state index contributed by atoms with van der Waals surface area (Å²) in [6.45, 7) is 0. The zero-order chi connectivity index (χ0) is 10.9. The van der Waals surface area contributed by atoms with Crippen LogP contribution in [0.4, 0.5) is 4.39 Å². The molecule has 0 aliphatic rings. The van der Waals surface area contributed by atoms with Crippen LogP contribution in [0, 0.1) is 5.82 Å². The molecule has 0 spiro atoms. The van der Waals surface area contributed by atoms with Crippen LogP contribution < -0.4 is 0 Å². The minimum absolute atomic E-state index is 0.242. The minimum atomic E-state index is -2.13. The van der Waals surface area contributed by atoms with Crippen molar-refractivity contribution in [2.75, 3.05) is 0 Å². The molecule has 1 aromatic carbocycles. The molecule has 0 aliphatic carbocycles. The maximum atomic E-state index is 13.2. The normalized spacial score (nSPS) is 11.5. The Hall–Kier alpha value is 0.170. The highest BCUT2D eigenvalue weighted by Crippen LogP contribution is 2.31. The first-order valence-electron chi connectivity index (χ1n) is 3.39. The number of benzene rings is 1. The Bertz CT molecular complexity index is 375. The molecule has 0 saturated carbocycles. The second-order valence-corrected chi connectivity index (χ2v) is 5.65. The Morgan fingerprint density at radius 1 is 1.36 bits per heavy atom. The van der Waals surface area contributed by atoms with E-state index in [-0.39, 0.29) is 5.56 Å². The van der Waals surface area contributed by atoms with Gasteiger partial charge in [-0.15, -0.1) is 0 Å². The third-order valence-electron chi connectivity index (χ3n) is 1.43. The summed E-state index contributed by atoms with van der Waals surface area (Å²) >= 11 is 19.0. The average molecular weight is 320 g/mol. The molecule has 0 amide bonds. The zero-order valence-corrected chi connectivity index (χ0v) is 10.4. The Morgan fingerprint density at radius 3 is 2.36 bits per heavy atom. The smallest absolute Gasteiger partial charge is 0.253 e. The largest absolute Gasteiger partial charge is 0.289 e. The molecule has 0 saturated heterocycles. The maximum absolute atomic E-state index is 13.2. The third kappa shape index (κ3) is 2.83. The van der Waals surface area contributed by atoms with Crippen molar-refractivity contribution in [1.82, 2.24) is 0 Å². The van der Waals surface area contributed by atoms with E-state index in [4.69, 9.17) is 34.8 Å². The van der Waals surface area contributed by atoms with Crippen molar-refractivity contribution in [3.63, 3.8) is 0 Å². The highest BCUT2D eigenvalue weighted by atomic mass is 79.9. The molecular weight excluding hydrogens is 317 g/mol. The van der Waals surface area contributed by atoms with Gasteiger partial charge in [-0.05, 0) is 18.2 Å². The van der Waals surface area contributed by atoms with Gasteiger partial charge in [0.2, 0.25) is 5.78 Å². The van der Waals surface area contributed by atoms with Gasteiger partial charge in [0.1, 0.15) is 5.82 Å². The molecule has 0 bridgehead atoms. The standard InChI is InChI=1S/C8H3BrCl3FO/c9-4-1-2-5(6(13)3-4)7(14)8(10,11)12/h1-3H. The van der Waals surface area contributed by atoms with Gasteiger partial charge in [-0.1, -0.05) is 50.7 Å². The SMILES string of the molecule is O=C(c1ccc(Br)cc1F)C(Cl)(Cl)Cl. The lowest BCUT2D eigenvalue weighted by molar-refractivity contribution is 0.0992. The molecule has 1 aromatic rings. The maximum Gasteiger partial charge on any atom is 0.253 e. The van der Waals surface area contributed by atoms with E-state index in [9.17, 15) is 9.18 Å². The first-order valence-corrected chi connectivity index (χ1v) is 5.31. The van der Waals surface area contributed by atoms with Crippen molar-refractivity contribution in [2.45, 2.75) is 3.79 Å². The van der Waals surface area contributed by atoms with Crippen LogP contribution in [0.25, 0.3) is 0 Å². The molecule has 1 nitrogen and oxygen atoms in total. The summed E-state index contributed by atoms with van der Waals surface area (Å²) in [5.41, 5.74) is -0.242. The number of carbonyl (C=O) groups excluding carboxylic acids is 1. The molecule has 0 atom stereocenters. The van der Waals surface area contributed by atoms with Crippen LogP contribution >= 0.6 is 50.7 Å². The Kier molecular flexibility index (Phi) is 3.81. The van der Waals surface area contributed by atoms with Crippen molar-refractivity contribution in [3.8, 4) is 0 Å². The zero-order valence-electron chi connectivity index (χ0n) is 6.53. The lowest BCUT2D eigenvalue weighted by Gasteiger charge is -2.09. The van der Waals surface area contributed by atoms with Crippen molar-refractivity contribution >= 4 is 56.5 Å². The van der Waals surface area contributed by atoms with Crippen LogP contribution in [-0.4, -0.2) is 9.58 Å². The summed E-state index contributed by atoms with van der Waals surface area (Å²) in [5, 5.41) is 0. The van der Waals surface area contributed by atoms with Crippen LogP contribution in [-0.2, 0) is 0 Å². The van der Waals surface area contributed by atoms with Crippen LogP contribution in [0.2, 0.25) is 0 Å². The Labute approximate surface area is 103 Å². The fourth-order valence-electron chi connectivity index (χ4n) is 0.826. The first-order chi connectivity index (χ1) is 6.32. The Balaban J connectivity index is 3.15. The van der Waals surface area contributed by atoms with E-state index in [1.165, 1.54) is 12.1 Å². The van der Waals surface area contributed by atoms with Gasteiger partial charge in [-0.25, -0.2) is 4.39 Å². The van der Waals surface area contributed by atoms with E-state index in [1.807, 2.05) is 0 Å². The number of halogens is 5. The predicted octanol–water partition coefficient (Wildman–Crippen LogP) is 4.14. The van der Waals surface area contributed by atoms with Gasteiger partial charge < -0.3 is 0 Å². The summed E-state index contributed by atoms with van der Waals surface area (Å²) < 4.78 is 11.6. The molecule has 0 aliphatic heterocycles. The fraction of sp³-hybridized carbons (Fsp3) is 0.125. The van der Waals surface area contributed by atoms with E-state index in [0.717, 1.165) is 6.07 Å². The van der Waals surface area contributed by atoms with Gasteiger partial charge in [0, 0.05) is 4.47 Å². The van der Waals surface area contributed by atoms with Crippen molar-refractivity contribution in [3.05, 3.63) is 34.1 Å². The van der Waals surface area contributed by atoms with Gasteiger partial charge >= 0.3 is 0 Å². The summed E-state index contributed by atoms with van der Waals surface area (Å²) in [6, 6.07) is 3.88. The molecule has 1 rings (SSSR count). The van der Waals surface area contributed by atoms with E-state index < -0.39 is 15.4 Å². The van der Waals surface area contributed by atoms with Crippen molar-refractivity contribution in [1.29, 1.82) is 0 Å². The van der Waals surface area contributed by atoms with Crippen molar-refractivity contribution in [2.24, 2.45) is 0 Å². The quantitative estimate of drug-likeness (QED) is 0.561. The van der Waals surface area contributed by atoms with Gasteiger partial charge in [0.15, 0.2) is 0 Å². The molecule has 76 valence electrons. The molecule has 0 heterocycles. The second-order valence-electron chi connectivity index (χ2n) is 2.45. The van der Waals surface area contributed by atoms with E-state index in [0.29, 0.717) is 4.47 Å².